The highest BCUT2D eigenvalue weighted by Gasteiger charge is 2.31. The molecule has 1 aromatic heterocycles. The summed E-state index contributed by atoms with van der Waals surface area (Å²) >= 11 is 0. The molecule has 1 saturated heterocycles. The molecule has 0 amide bonds. The average molecular weight is 275 g/mol. The molecule has 110 valence electrons. The Morgan fingerprint density at radius 1 is 1.10 bits per heavy atom. The smallest absolute Gasteiger partial charge is 0.122 e. The Morgan fingerprint density at radius 2 is 1.90 bits per heavy atom. The van der Waals surface area contributed by atoms with E-state index in [9.17, 15) is 0 Å². The van der Waals surface area contributed by atoms with Crippen molar-refractivity contribution in [1.29, 1.82) is 0 Å². The first-order valence-electron chi connectivity index (χ1n) is 8.13. The lowest BCUT2D eigenvalue weighted by molar-refractivity contribution is 0.121. The van der Waals surface area contributed by atoms with E-state index in [0.29, 0.717) is 0 Å². The Kier molecular flexibility index (Phi) is 3.54. The Balaban J connectivity index is 1.28. The number of hydrogen-bond acceptors (Lipinski definition) is 4. The highest BCUT2D eigenvalue weighted by atomic mass is 16.3. The van der Waals surface area contributed by atoms with Crippen molar-refractivity contribution in [3.63, 3.8) is 0 Å². The van der Waals surface area contributed by atoms with E-state index in [-0.39, 0.29) is 0 Å². The van der Waals surface area contributed by atoms with Crippen LogP contribution in [-0.2, 0) is 13.1 Å². The molecule has 0 aromatic carbocycles. The maximum atomic E-state index is 5.65. The van der Waals surface area contributed by atoms with Crippen LogP contribution in [0.5, 0.6) is 0 Å². The van der Waals surface area contributed by atoms with Gasteiger partial charge in [0.2, 0.25) is 0 Å². The molecular weight excluding hydrogens is 250 g/mol. The molecule has 0 spiro atoms. The maximum Gasteiger partial charge on any atom is 0.122 e. The van der Waals surface area contributed by atoms with E-state index < -0.39 is 0 Å². The topological polar surface area (TPSA) is 31.6 Å². The second kappa shape index (κ2) is 5.51. The molecule has 2 heterocycles. The third-order valence-electron chi connectivity index (χ3n) is 4.83. The van der Waals surface area contributed by atoms with Crippen molar-refractivity contribution in [2.45, 2.75) is 50.9 Å². The summed E-state index contributed by atoms with van der Waals surface area (Å²) in [6, 6.07) is 3.82. The lowest BCUT2D eigenvalue weighted by Gasteiger charge is -2.34. The molecule has 0 atom stereocenters. The van der Waals surface area contributed by atoms with Crippen LogP contribution < -0.4 is 5.32 Å². The lowest BCUT2D eigenvalue weighted by atomic mass is 10.2. The summed E-state index contributed by atoms with van der Waals surface area (Å²) in [5.74, 6) is 1.14. The fourth-order valence-corrected chi connectivity index (χ4v) is 3.15. The van der Waals surface area contributed by atoms with Gasteiger partial charge in [-0.1, -0.05) is 0 Å². The number of piperazine rings is 1. The van der Waals surface area contributed by atoms with Gasteiger partial charge in [0, 0.05) is 50.4 Å². The van der Waals surface area contributed by atoms with Crippen LogP contribution in [0, 0.1) is 0 Å². The fourth-order valence-electron chi connectivity index (χ4n) is 3.15. The van der Waals surface area contributed by atoms with Crippen molar-refractivity contribution in [2.24, 2.45) is 0 Å². The van der Waals surface area contributed by atoms with E-state index in [1.807, 2.05) is 6.26 Å². The molecule has 0 radical (unpaired) electrons. The predicted octanol–water partition coefficient (Wildman–Crippen LogP) is 1.81. The first kappa shape index (κ1) is 12.9. The molecule has 20 heavy (non-hydrogen) atoms. The van der Waals surface area contributed by atoms with Crippen molar-refractivity contribution < 1.29 is 4.42 Å². The lowest BCUT2D eigenvalue weighted by Crippen LogP contribution is -2.46. The average Bonchev–Trinajstić information content (AvgIpc) is 3.38. The summed E-state index contributed by atoms with van der Waals surface area (Å²) in [5.41, 5.74) is 1.37. The van der Waals surface area contributed by atoms with Gasteiger partial charge in [-0.2, -0.15) is 0 Å². The van der Waals surface area contributed by atoms with E-state index in [4.69, 9.17) is 4.42 Å². The molecular formula is C16H25N3O. The zero-order valence-electron chi connectivity index (χ0n) is 12.2. The van der Waals surface area contributed by atoms with Gasteiger partial charge in [-0.25, -0.2) is 0 Å². The number of rotatable bonds is 6. The second-order valence-corrected chi connectivity index (χ2v) is 6.57. The van der Waals surface area contributed by atoms with Gasteiger partial charge in [0.25, 0.3) is 0 Å². The van der Waals surface area contributed by atoms with Gasteiger partial charge in [0.1, 0.15) is 5.76 Å². The van der Waals surface area contributed by atoms with E-state index in [1.165, 1.54) is 57.4 Å². The first-order chi connectivity index (χ1) is 9.88. The maximum absolute atomic E-state index is 5.65. The molecule has 3 aliphatic rings. The Labute approximate surface area is 121 Å². The van der Waals surface area contributed by atoms with Crippen LogP contribution in [0.15, 0.2) is 16.7 Å². The minimum Gasteiger partial charge on any atom is -0.468 e. The van der Waals surface area contributed by atoms with Crippen molar-refractivity contribution in [3.8, 4) is 0 Å². The SMILES string of the molecule is c1cc(CN2CCN(C3CC3)CC2)c(CNC2CC2)o1. The van der Waals surface area contributed by atoms with Gasteiger partial charge in [-0.15, -0.1) is 0 Å². The van der Waals surface area contributed by atoms with Crippen LogP contribution in [0.25, 0.3) is 0 Å². The number of nitrogens with zero attached hydrogens (tertiary/aromatic N) is 2. The van der Waals surface area contributed by atoms with Crippen molar-refractivity contribution >= 4 is 0 Å². The van der Waals surface area contributed by atoms with Gasteiger partial charge in [-0.3, -0.25) is 9.80 Å². The van der Waals surface area contributed by atoms with Gasteiger partial charge in [-0.05, 0) is 31.7 Å². The molecule has 2 aliphatic carbocycles. The second-order valence-electron chi connectivity index (χ2n) is 6.57. The minimum atomic E-state index is 0.745. The summed E-state index contributed by atoms with van der Waals surface area (Å²) in [7, 11) is 0. The summed E-state index contributed by atoms with van der Waals surface area (Å²) < 4.78 is 5.65. The van der Waals surface area contributed by atoms with E-state index in [0.717, 1.165) is 30.9 Å². The Morgan fingerprint density at radius 3 is 2.60 bits per heavy atom. The molecule has 1 aliphatic heterocycles. The molecule has 1 N–H and O–H groups in total. The third-order valence-corrected chi connectivity index (χ3v) is 4.83. The molecule has 1 aromatic rings. The minimum absolute atomic E-state index is 0.745. The molecule has 4 heteroatoms. The quantitative estimate of drug-likeness (QED) is 0.858. The van der Waals surface area contributed by atoms with Gasteiger partial charge in [0.05, 0.1) is 12.8 Å². The van der Waals surface area contributed by atoms with Crippen LogP contribution in [-0.4, -0.2) is 48.1 Å². The summed E-state index contributed by atoms with van der Waals surface area (Å²) in [5, 5.41) is 3.55. The van der Waals surface area contributed by atoms with Crippen molar-refractivity contribution in [2.75, 3.05) is 26.2 Å². The van der Waals surface area contributed by atoms with Crippen molar-refractivity contribution in [3.05, 3.63) is 23.7 Å². The molecule has 2 saturated carbocycles. The Hall–Kier alpha value is -0.840. The largest absolute Gasteiger partial charge is 0.468 e. The summed E-state index contributed by atoms with van der Waals surface area (Å²) in [4.78, 5) is 5.24. The summed E-state index contributed by atoms with van der Waals surface area (Å²) in [6.07, 6.45) is 7.37. The van der Waals surface area contributed by atoms with Gasteiger partial charge < -0.3 is 9.73 Å². The summed E-state index contributed by atoms with van der Waals surface area (Å²) in [6.45, 7) is 6.86. The zero-order valence-corrected chi connectivity index (χ0v) is 12.2. The molecule has 0 bridgehead atoms. The molecule has 4 nitrogen and oxygen atoms in total. The Bertz CT molecular complexity index is 442. The zero-order chi connectivity index (χ0) is 13.4. The standard InChI is InChI=1S/C16H25N3O/c1-2-14(1)17-11-16-13(5-10-20-16)12-18-6-8-19(9-7-18)15-3-4-15/h5,10,14-15,17H,1-4,6-9,11-12H2. The van der Waals surface area contributed by atoms with Crippen LogP contribution in [0.3, 0.4) is 0 Å². The van der Waals surface area contributed by atoms with E-state index in [1.54, 1.807) is 0 Å². The first-order valence-corrected chi connectivity index (χ1v) is 8.13. The monoisotopic (exact) mass is 275 g/mol. The fraction of sp³-hybridized carbons (Fsp3) is 0.750. The van der Waals surface area contributed by atoms with Gasteiger partial charge >= 0.3 is 0 Å². The highest BCUT2D eigenvalue weighted by Crippen LogP contribution is 2.28. The van der Waals surface area contributed by atoms with E-state index >= 15 is 0 Å². The van der Waals surface area contributed by atoms with Crippen LogP contribution in [0.1, 0.15) is 37.0 Å². The van der Waals surface area contributed by atoms with Crippen LogP contribution in [0.2, 0.25) is 0 Å². The number of hydrogen-bond donors (Lipinski definition) is 1. The van der Waals surface area contributed by atoms with Crippen LogP contribution in [0.4, 0.5) is 0 Å². The van der Waals surface area contributed by atoms with Gasteiger partial charge in [0.15, 0.2) is 0 Å². The third kappa shape index (κ3) is 3.08. The molecule has 4 rings (SSSR count). The number of nitrogens with one attached hydrogen (secondary N) is 1. The predicted molar refractivity (Wildman–Crippen MR) is 78.4 cm³/mol. The highest BCUT2D eigenvalue weighted by molar-refractivity contribution is 5.17. The molecule has 3 fully saturated rings. The normalized spacial score (nSPS) is 25.2. The van der Waals surface area contributed by atoms with Crippen LogP contribution >= 0.6 is 0 Å². The van der Waals surface area contributed by atoms with Crippen molar-refractivity contribution in [1.82, 2.24) is 15.1 Å². The number of furan rings is 1. The molecule has 0 unspecified atom stereocenters. The van der Waals surface area contributed by atoms with E-state index in [2.05, 4.69) is 21.2 Å².